The fourth-order valence-electron chi connectivity index (χ4n) is 2.82. The molecule has 0 saturated carbocycles. The highest BCUT2D eigenvalue weighted by molar-refractivity contribution is 7.21. The fourth-order valence-corrected chi connectivity index (χ4v) is 3.73. The van der Waals surface area contributed by atoms with Gasteiger partial charge in [0.1, 0.15) is 15.2 Å². The maximum absolute atomic E-state index is 12.5. The van der Waals surface area contributed by atoms with Gasteiger partial charge in [0, 0.05) is 24.5 Å². The minimum absolute atomic E-state index is 0.169. The van der Waals surface area contributed by atoms with E-state index < -0.39 is 0 Å². The maximum atomic E-state index is 12.5. The highest BCUT2D eigenvalue weighted by Gasteiger charge is 2.28. The molecule has 0 aliphatic carbocycles. The van der Waals surface area contributed by atoms with Crippen molar-refractivity contribution in [3.63, 3.8) is 0 Å². The van der Waals surface area contributed by atoms with Crippen LogP contribution in [0.3, 0.4) is 0 Å². The summed E-state index contributed by atoms with van der Waals surface area (Å²) in [5.41, 5.74) is 10.1. The second-order valence-corrected chi connectivity index (χ2v) is 6.53. The average molecular weight is 305 g/mol. The number of nitrogens with two attached hydrogens (primary N) is 1. The quantitative estimate of drug-likeness (QED) is 0.888. The number of hydrogen-bond acceptors (Lipinski definition) is 6. The molecule has 7 heteroatoms. The van der Waals surface area contributed by atoms with E-state index in [2.05, 4.69) is 29.2 Å². The molecule has 1 aliphatic heterocycles. The van der Waals surface area contributed by atoms with Crippen LogP contribution in [0.2, 0.25) is 0 Å². The molecule has 112 valence electrons. The van der Waals surface area contributed by atoms with Crippen molar-refractivity contribution in [3.05, 3.63) is 17.3 Å². The lowest BCUT2D eigenvalue weighted by Crippen LogP contribution is -2.54. The summed E-state index contributed by atoms with van der Waals surface area (Å²) in [6, 6.07) is 0.675. The fraction of sp³-hybridized carbons (Fsp3) is 0.500. The lowest BCUT2D eigenvalue weighted by Gasteiger charge is -2.38. The summed E-state index contributed by atoms with van der Waals surface area (Å²) < 4.78 is 0. The third-order valence-corrected chi connectivity index (χ3v) is 5.10. The zero-order chi connectivity index (χ0) is 15.0. The first-order chi connectivity index (χ1) is 10.1. The minimum atomic E-state index is -0.169. The highest BCUT2D eigenvalue weighted by Crippen LogP contribution is 2.30. The molecule has 1 fully saturated rings. The summed E-state index contributed by atoms with van der Waals surface area (Å²) in [5, 5.41) is 2.04. The van der Waals surface area contributed by atoms with E-state index in [4.69, 9.17) is 5.73 Å². The van der Waals surface area contributed by atoms with Crippen molar-refractivity contribution in [2.75, 3.05) is 5.73 Å². The summed E-state index contributed by atoms with van der Waals surface area (Å²) in [4.78, 5) is 22.1. The maximum Gasteiger partial charge on any atom is 0.277 e. The van der Waals surface area contributed by atoms with Crippen LogP contribution in [0.4, 0.5) is 5.69 Å². The summed E-state index contributed by atoms with van der Waals surface area (Å²) in [6.07, 6.45) is 6.58. The van der Waals surface area contributed by atoms with Crippen molar-refractivity contribution in [3.8, 4) is 0 Å². The zero-order valence-electron chi connectivity index (χ0n) is 12.2. The number of carbonyl (C=O) groups is 1. The molecule has 2 aromatic rings. The van der Waals surface area contributed by atoms with Crippen LogP contribution in [-0.4, -0.2) is 33.0 Å². The van der Waals surface area contributed by atoms with Crippen LogP contribution in [0.5, 0.6) is 0 Å². The first-order valence-corrected chi connectivity index (χ1v) is 7.98. The molecule has 1 saturated heterocycles. The van der Waals surface area contributed by atoms with E-state index >= 15 is 0 Å². The summed E-state index contributed by atoms with van der Waals surface area (Å²) >= 11 is 1.29. The molecule has 2 aromatic heterocycles. The zero-order valence-corrected chi connectivity index (χ0v) is 13.0. The molecule has 1 aliphatic rings. The number of carbonyl (C=O) groups excluding carboxylic acids is 1. The molecule has 2 atom stereocenters. The Morgan fingerprint density at radius 3 is 2.67 bits per heavy atom. The molecule has 21 heavy (non-hydrogen) atoms. The summed E-state index contributed by atoms with van der Waals surface area (Å²) in [5.74, 6) is -0.169. The van der Waals surface area contributed by atoms with Crippen LogP contribution in [0.1, 0.15) is 42.8 Å². The number of amides is 1. The number of thiophene rings is 1. The second-order valence-electron chi connectivity index (χ2n) is 5.53. The number of nitrogen functional groups attached to an aromatic ring is 1. The number of rotatable bonds is 2. The van der Waals surface area contributed by atoms with Gasteiger partial charge in [0.15, 0.2) is 0 Å². The molecule has 0 spiro atoms. The molecular formula is C14H19N5OS. The van der Waals surface area contributed by atoms with Crippen molar-refractivity contribution < 1.29 is 4.79 Å². The molecule has 0 radical (unpaired) electrons. The highest BCUT2D eigenvalue weighted by atomic mass is 32.1. The van der Waals surface area contributed by atoms with Crippen molar-refractivity contribution in [1.82, 2.24) is 20.4 Å². The number of piperidine rings is 1. The summed E-state index contributed by atoms with van der Waals surface area (Å²) in [7, 11) is 0. The van der Waals surface area contributed by atoms with Gasteiger partial charge < -0.3 is 5.73 Å². The molecule has 0 aromatic carbocycles. The molecule has 1 amide bonds. The Balaban J connectivity index is 1.85. The third kappa shape index (κ3) is 2.58. The molecule has 3 N–H and O–H groups in total. The number of anilines is 1. The Labute approximate surface area is 127 Å². The van der Waals surface area contributed by atoms with E-state index in [-0.39, 0.29) is 5.91 Å². The van der Waals surface area contributed by atoms with E-state index in [0.717, 1.165) is 12.8 Å². The standard InChI is InChI=1S/C14H19N5OS/c1-8-4-3-5-9(2)19(8)18-13(20)12-10(15)11-14(21-12)17-7-6-16-11/h6-9H,3-5,15H2,1-2H3,(H,18,20). The minimum Gasteiger partial charge on any atom is -0.396 e. The van der Waals surface area contributed by atoms with Gasteiger partial charge in [0.2, 0.25) is 0 Å². The van der Waals surface area contributed by atoms with Gasteiger partial charge in [-0.2, -0.15) is 0 Å². The van der Waals surface area contributed by atoms with Crippen LogP contribution in [0, 0.1) is 0 Å². The van der Waals surface area contributed by atoms with E-state index in [0.29, 0.717) is 33.0 Å². The van der Waals surface area contributed by atoms with Crippen LogP contribution < -0.4 is 11.2 Å². The van der Waals surface area contributed by atoms with Gasteiger partial charge in [0.05, 0.1) is 5.69 Å². The van der Waals surface area contributed by atoms with E-state index in [1.54, 1.807) is 12.4 Å². The lowest BCUT2D eigenvalue weighted by atomic mass is 10.00. The van der Waals surface area contributed by atoms with Gasteiger partial charge in [-0.1, -0.05) is 6.42 Å². The monoisotopic (exact) mass is 305 g/mol. The molecule has 2 unspecified atom stereocenters. The predicted molar refractivity (Wildman–Crippen MR) is 83.9 cm³/mol. The van der Waals surface area contributed by atoms with E-state index in [1.807, 2.05) is 5.01 Å². The number of nitrogens with one attached hydrogen (secondary N) is 1. The van der Waals surface area contributed by atoms with Gasteiger partial charge >= 0.3 is 0 Å². The lowest BCUT2D eigenvalue weighted by molar-refractivity contribution is 0.0373. The van der Waals surface area contributed by atoms with Gasteiger partial charge in [-0.05, 0) is 26.7 Å². The van der Waals surface area contributed by atoms with Gasteiger partial charge in [-0.25, -0.2) is 15.0 Å². The van der Waals surface area contributed by atoms with Gasteiger partial charge in [-0.15, -0.1) is 11.3 Å². The van der Waals surface area contributed by atoms with Crippen LogP contribution in [0.15, 0.2) is 12.4 Å². The van der Waals surface area contributed by atoms with Crippen LogP contribution >= 0.6 is 11.3 Å². The van der Waals surface area contributed by atoms with Crippen molar-refractivity contribution >= 4 is 33.3 Å². The molecule has 6 nitrogen and oxygen atoms in total. The Hall–Kier alpha value is -1.73. The SMILES string of the molecule is CC1CCCC(C)N1NC(=O)c1sc2nccnc2c1N. The Kier molecular flexibility index (Phi) is 3.77. The van der Waals surface area contributed by atoms with E-state index in [9.17, 15) is 4.79 Å². The van der Waals surface area contributed by atoms with Crippen molar-refractivity contribution in [2.45, 2.75) is 45.2 Å². The third-order valence-electron chi connectivity index (χ3n) is 3.99. The van der Waals surface area contributed by atoms with Gasteiger partial charge in [-0.3, -0.25) is 10.2 Å². The number of aromatic nitrogens is 2. The number of hydrazine groups is 1. The van der Waals surface area contributed by atoms with Crippen molar-refractivity contribution in [1.29, 1.82) is 0 Å². The normalized spacial score (nSPS) is 23.3. The first kappa shape index (κ1) is 14.2. The number of fused-ring (bicyclic) bond motifs is 1. The second kappa shape index (κ2) is 5.57. The first-order valence-electron chi connectivity index (χ1n) is 7.16. The molecular weight excluding hydrogens is 286 g/mol. The largest absolute Gasteiger partial charge is 0.396 e. The molecule has 3 heterocycles. The molecule has 0 bridgehead atoms. The van der Waals surface area contributed by atoms with Crippen LogP contribution in [0.25, 0.3) is 10.3 Å². The Bertz CT molecular complexity index is 660. The number of hydrogen-bond donors (Lipinski definition) is 2. The van der Waals surface area contributed by atoms with Gasteiger partial charge in [0.25, 0.3) is 5.91 Å². The average Bonchev–Trinajstić information content (AvgIpc) is 2.81. The van der Waals surface area contributed by atoms with E-state index in [1.165, 1.54) is 17.8 Å². The van der Waals surface area contributed by atoms with Crippen molar-refractivity contribution in [2.24, 2.45) is 0 Å². The smallest absolute Gasteiger partial charge is 0.277 e. The predicted octanol–water partition coefficient (Wildman–Crippen LogP) is 2.18. The molecule has 3 rings (SSSR count). The summed E-state index contributed by atoms with van der Waals surface area (Å²) in [6.45, 7) is 4.26. The number of nitrogens with zero attached hydrogens (tertiary/aromatic N) is 3. The Morgan fingerprint density at radius 1 is 1.33 bits per heavy atom. The van der Waals surface area contributed by atoms with Crippen LogP contribution in [-0.2, 0) is 0 Å². The Morgan fingerprint density at radius 2 is 2.00 bits per heavy atom. The topological polar surface area (TPSA) is 84.1 Å².